The maximum Gasteiger partial charge on any atom is 0.410 e. The van der Waals surface area contributed by atoms with Crippen LogP contribution < -0.4 is 16.0 Å². The monoisotopic (exact) mass is 732 g/mol. The Morgan fingerprint density at radius 2 is 1.17 bits per heavy atom. The van der Waals surface area contributed by atoms with Crippen LogP contribution in [0.2, 0.25) is 0 Å². The molecule has 0 unspecified atom stereocenters. The molecule has 2 aromatic carbocycles. The molecule has 2 aliphatic rings. The molecule has 6 aromatic rings. The molecule has 0 aliphatic carbocycles. The van der Waals surface area contributed by atoms with Crippen LogP contribution in [0.25, 0.3) is 33.3 Å². The van der Waals surface area contributed by atoms with Crippen molar-refractivity contribution in [3.8, 4) is 33.8 Å². The molecule has 284 valence electrons. The van der Waals surface area contributed by atoms with Crippen LogP contribution in [-0.4, -0.2) is 83.8 Å². The van der Waals surface area contributed by atoms with E-state index in [1.54, 1.807) is 35.5 Å². The largest absolute Gasteiger partial charge is 0.508 e. The number of likely N-dealkylation sites (tertiary alicyclic amines) is 1. The number of nitrogens with one attached hydrogen (secondary N) is 3. The number of pyridine rings is 2. The Morgan fingerprint density at radius 3 is 1.61 bits per heavy atom. The number of anilines is 2. The molecule has 6 heterocycles. The Bertz CT molecular complexity index is 2140. The van der Waals surface area contributed by atoms with E-state index in [9.17, 15) is 15.0 Å². The number of carbonyl (C=O) groups is 1. The van der Waals surface area contributed by atoms with Gasteiger partial charge in [0, 0.05) is 48.7 Å². The molecule has 0 saturated carbocycles. The topological polar surface area (TPSA) is 141 Å². The highest BCUT2D eigenvalue weighted by molar-refractivity contribution is 5.80. The molecule has 5 N–H and O–H groups in total. The summed E-state index contributed by atoms with van der Waals surface area (Å²) in [5.74, 6) is 0.531. The summed E-state index contributed by atoms with van der Waals surface area (Å²) in [6.07, 6.45) is 15.2. The molecule has 2 fully saturated rings. The first-order valence-electron chi connectivity index (χ1n) is 18.3. The number of hydrogen-bond donors (Lipinski definition) is 5. The third kappa shape index (κ3) is 9.24. The van der Waals surface area contributed by atoms with Gasteiger partial charge < -0.3 is 44.6 Å². The summed E-state index contributed by atoms with van der Waals surface area (Å²) in [6.45, 7) is 9.11. The fourth-order valence-corrected chi connectivity index (χ4v) is 6.86. The molecule has 2 aliphatic heterocycles. The molecule has 12 heteroatoms. The number of imidazole rings is 2. The van der Waals surface area contributed by atoms with Gasteiger partial charge in [-0.1, -0.05) is 31.7 Å². The summed E-state index contributed by atoms with van der Waals surface area (Å²) >= 11 is 0. The van der Waals surface area contributed by atoms with E-state index in [0.717, 1.165) is 83.4 Å². The SMILES string of the molecule is C.CC(C)(C)OC(=O)N1CCC(Nc2cc(-c3ccc(O)cc3)cn3cncc23)CC1.Oc1ccc(-c2cc(NC3CCNCC3)c3cncn3c2)cc1. The summed E-state index contributed by atoms with van der Waals surface area (Å²) < 4.78 is 9.54. The number of amides is 1. The van der Waals surface area contributed by atoms with Crippen LogP contribution in [0.3, 0.4) is 0 Å². The lowest BCUT2D eigenvalue weighted by atomic mass is 10.0. The van der Waals surface area contributed by atoms with Gasteiger partial charge in [0.2, 0.25) is 0 Å². The second-order valence-electron chi connectivity index (χ2n) is 14.8. The number of benzene rings is 2. The van der Waals surface area contributed by atoms with E-state index in [1.807, 2.05) is 78.8 Å². The van der Waals surface area contributed by atoms with Gasteiger partial charge in [0.1, 0.15) is 17.1 Å². The Kier molecular flexibility index (Phi) is 11.6. The Hall–Kier alpha value is -5.75. The number of ether oxygens (including phenoxy) is 1. The molecular formula is C42H52N8O4. The predicted octanol–water partition coefficient (Wildman–Crippen LogP) is 8.03. The van der Waals surface area contributed by atoms with Crippen molar-refractivity contribution in [2.75, 3.05) is 36.8 Å². The van der Waals surface area contributed by atoms with Gasteiger partial charge in [0.25, 0.3) is 0 Å². The smallest absolute Gasteiger partial charge is 0.410 e. The van der Waals surface area contributed by atoms with Gasteiger partial charge >= 0.3 is 6.09 Å². The maximum absolute atomic E-state index is 12.3. The standard InChI is InChI=1S/C23H28N4O3.C18H20N4O.CH4/c1-23(2,3)30-22(29)26-10-8-18(9-11-26)25-20-12-17(14-27-15-24-13-21(20)27)16-4-6-19(28)7-5-16;23-16-3-1-13(2-4-16)14-9-17(18-10-20-12-22(18)11-14)21-15-5-7-19-8-6-15;/h4-7,12-15,18,25,28H,8-11H2,1-3H3;1-4,9-12,15,19,21,23H,5-8H2;1H4. The highest BCUT2D eigenvalue weighted by Gasteiger charge is 2.27. The van der Waals surface area contributed by atoms with Crippen molar-refractivity contribution in [2.24, 2.45) is 0 Å². The van der Waals surface area contributed by atoms with Gasteiger partial charge in [-0.25, -0.2) is 14.8 Å². The van der Waals surface area contributed by atoms with Crippen LogP contribution >= 0.6 is 0 Å². The number of piperidine rings is 2. The quantitative estimate of drug-likeness (QED) is 0.115. The van der Waals surface area contributed by atoms with Crippen molar-refractivity contribution in [3.05, 3.63) is 98.1 Å². The Morgan fingerprint density at radius 1 is 0.722 bits per heavy atom. The number of phenolic OH excluding ortho intramolecular Hbond substituents is 2. The van der Waals surface area contributed by atoms with E-state index in [1.165, 1.54) is 0 Å². The predicted molar refractivity (Wildman–Crippen MR) is 215 cm³/mol. The number of hydrogen-bond acceptors (Lipinski definition) is 9. The Labute approximate surface area is 316 Å². The molecule has 4 aromatic heterocycles. The molecule has 54 heavy (non-hydrogen) atoms. The second kappa shape index (κ2) is 16.5. The average molecular weight is 733 g/mol. The lowest BCUT2D eigenvalue weighted by Crippen LogP contribution is -2.44. The zero-order valence-corrected chi connectivity index (χ0v) is 30.5. The lowest BCUT2D eigenvalue weighted by molar-refractivity contribution is 0.0210. The van der Waals surface area contributed by atoms with E-state index in [-0.39, 0.29) is 31.1 Å². The number of nitrogens with zero attached hydrogens (tertiary/aromatic N) is 5. The molecule has 8 rings (SSSR count). The van der Waals surface area contributed by atoms with Crippen LogP contribution in [0.15, 0.2) is 98.1 Å². The molecule has 0 bridgehead atoms. The zero-order valence-electron chi connectivity index (χ0n) is 30.5. The summed E-state index contributed by atoms with van der Waals surface area (Å²) in [5.41, 5.74) is 7.97. The van der Waals surface area contributed by atoms with Crippen LogP contribution in [0.4, 0.5) is 16.2 Å². The summed E-state index contributed by atoms with van der Waals surface area (Å²) in [7, 11) is 0. The van der Waals surface area contributed by atoms with Crippen molar-refractivity contribution in [1.82, 2.24) is 29.0 Å². The first-order valence-corrected chi connectivity index (χ1v) is 18.3. The zero-order chi connectivity index (χ0) is 37.0. The van der Waals surface area contributed by atoms with E-state index < -0.39 is 5.60 Å². The molecule has 0 spiro atoms. The van der Waals surface area contributed by atoms with Gasteiger partial charge in [-0.3, -0.25) is 0 Å². The third-order valence-electron chi connectivity index (χ3n) is 9.65. The van der Waals surface area contributed by atoms with Crippen LogP contribution in [0.1, 0.15) is 53.9 Å². The molecule has 1 amide bonds. The first-order chi connectivity index (χ1) is 25.6. The van der Waals surface area contributed by atoms with E-state index in [4.69, 9.17) is 4.74 Å². The minimum absolute atomic E-state index is 0. The van der Waals surface area contributed by atoms with E-state index in [0.29, 0.717) is 19.1 Å². The third-order valence-corrected chi connectivity index (χ3v) is 9.65. The number of carbonyl (C=O) groups excluding carboxylic acids is 1. The summed E-state index contributed by atoms with van der Waals surface area (Å²) in [4.78, 5) is 22.6. The normalized spacial score (nSPS) is 15.3. The highest BCUT2D eigenvalue weighted by Crippen LogP contribution is 2.31. The number of aromatic hydroxyl groups is 2. The van der Waals surface area contributed by atoms with Crippen LogP contribution in [0, 0.1) is 0 Å². The lowest BCUT2D eigenvalue weighted by Gasteiger charge is -2.34. The fourth-order valence-electron chi connectivity index (χ4n) is 6.86. The average Bonchev–Trinajstić information content (AvgIpc) is 3.83. The van der Waals surface area contributed by atoms with Crippen LogP contribution in [-0.2, 0) is 4.74 Å². The van der Waals surface area contributed by atoms with Gasteiger partial charge in [-0.15, -0.1) is 0 Å². The fraction of sp³-hybridized carbons (Fsp3) is 0.357. The van der Waals surface area contributed by atoms with E-state index >= 15 is 0 Å². The minimum atomic E-state index is -0.478. The number of aromatic nitrogens is 4. The minimum Gasteiger partial charge on any atom is -0.508 e. The molecular weight excluding hydrogens is 681 g/mol. The maximum atomic E-state index is 12.3. The van der Waals surface area contributed by atoms with Crippen molar-refractivity contribution in [2.45, 2.75) is 71.6 Å². The van der Waals surface area contributed by atoms with Crippen LogP contribution in [0.5, 0.6) is 11.5 Å². The van der Waals surface area contributed by atoms with Gasteiger partial charge in [-0.05, 0) is 107 Å². The van der Waals surface area contributed by atoms with Crippen molar-refractivity contribution in [3.63, 3.8) is 0 Å². The van der Waals surface area contributed by atoms with Crippen molar-refractivity contribution < 1.29 is 19.7 Å². The molecule has 0 atom stereocenters. The van der Waals surface area contributed by atoms with Gasteiger partial charge in [0.15, 0.2) is 0 Å². The number of fused-ring (bicyclic) bond motifs is 2. The second-order valence-corrected chi connectivity index (χ2v) is 14.8. The molecule has 2 saturated heterocycles. The van der Waals surface area contributed by atoms with Crippen molar-refractivity contribution in [1.29, 1.82) is 0 Å². The van der Waals surface area contributed by atoms with Gasteiger partial charge in [-0.2, -0.15) is 0 Å². The number of phenols is 2. The summed E-state index contributed by atoms with van der Waals surface area (Å²) in [5, 5.41) is 29.8. The number of rotatable bonds is 6. The molecule has 0 radical (unpaired) electrons. The summed E-state index contributed by atoms with van der Waals surface area (Å²) in [6, 6.07) is 19.5. The Balaban J connectivity index is 0.000000187. The van der Waals surface area contributed by atoms with Gasteiger partial charge in [0.05, 0.1) is 47.5 Å². The molecule has 12 nitrogen and oxygen atoms in total. The highest BCUT2D eigenvalue weighted by atomic mass is 16.6. The van der Waals surface area contributed by atoms with Crippen molar-refractivity contribution >= 4 is 28.5 Å². The van der Waals surface area contributed by atoms with E-state index in [2.05, 4.69) is 44.2 Å². The first kappa shape index (κ1) is 38.0.